The lowest BCUT2D eigenvalue weighted by Crippen LogP contribution is -2.53. The highest BCUT2D eigenvalue weighted by Crippen LogP contribution is 2.45. The number of rotatable bonds is 5. The summed E-state index contributed by atoms with van der Waals surface area (Å²) in [5.74, 6) is 1.65. The van der Waals surface area contributed by atoms with Crippen molar-refractivity contribution in [2.75, 3.05) is 33.4 Å². The molecule has 1 heterocycles. The van der Waals surface area contributed by atoms with E-state index in [0.29, 0.717) is 13.2 Å². The van der Waals surface area contributed by atoms with E-state index < -0.39 is 0 Å². The van der Waals surface area contributed by atoms with Crippen LogP contribution in [0.3, 0.4) is 0 Å². The van der Waals surface area contributed by atoms with Gasteiger partial charge in [-0.05, 0) is 19.2 Å². The number of para-hydroxylation sites is 1. The summed E-state index contributed by atoms with van der Waals surface area (Å²) in [7, 11) is 1.68. The van der Waals surface area contributed by atoms with Gasteiger partial charge in [0.15, 0.2) is 11.5 Å². The minimum Gasteiger partial charge on any atom is -0.493 e. The van der Waals surface area contributed by atoms with Crippen LogP contribution in [-0.4, -0.2) is 38.3 Å². The summed E-state index contributed by atoms with van der Waals surface area (Å²) in [6, 6.07) is 6.07. The molecular weight excluding hydrogens is 240 g/mol. The molecule has 1 unspecified atom stereocenters. The van der Waals surface area contributed by atoms with Crippen LogP contribution in [0.2, 0.25) is 0 Å². The summed E-state index contributed by atoms with van der Waals surface area (Å²) < 4.78 is 11.2. The Morgan fingerprint density at radius 2 is 2.11 bits per heavy atom. The third-order valence-electron chi connectivity index (χ3n) is 4.17. The molecule has 0 bridgehead atoms. The SMILES string of the molecule is CCN(CC)C1(CN)CCOc2c(OC)cccc21. The first-order chi connectivity index (χ1) is 9.23. The second-order valence-corrected chi connectivity index (χ2v) is 4.84. The first kappa shape index (κ1) is 14.2. The molecule has 1 aromatic carbocycles. The van der Waals surface area contributed by atoms with Gasteiger partial charge in [-0.3, -0.25) is 4.90 Å². The van der Waals surface area contributed by atoms with E-state index in [1.807, 2.05) is 12.1 Å². The topological polar surface area (TPSA) is 47.7 Å². The van der Waals surface area contributed by atoms with E-state index in [-0.39, 0.29) is 5.54 Å². The van der Waals surface area contributed by atoms with Gasteiger partial charge in [0.25, 0.3) is 0 Å². The van der Waals surface area contributed by atoms with Crippen molar-refractivity contribution in [1.29, 1.82) is 0 Å². The molecule has 0 aliphatic carbocycles. The van der Waals surface area contributed by atoms with Gasteiger partial charge in [0.2, 0.25) is 0 Å². The maximum Gasteiger partial charge on any atom is 0.166 e. The molecule has 1 atom stereocenters. The first-order valence-electron chi connectivity index (χ1n) is 6.98. The second kappa shape index (κ2) is 5.80. The summed E-state index contributed by atoms with van der Waals surface area (Å²) in [5, 5.41) is 0. The van der Waals surface area contributed by atoms with Crippen LogP contribution in [0, 0.1) is 0 Å². The Kier molecular flexibility index (Phi) is 4.32. The monoisotopic (exact) mass is 264 g/mol. The molecule has 19 heavy (non-hydrogen) atoms. The van der Waals surface area contributed by atoms with E-state index in [9.17, 15) is 0 Å². The van der Waals surface area contributed by atoms with Crippen molar-refractivity contribution in [3.8, 4) is 11.5 Å². The van der Waals surface area contributed by atoms with Crippen molar-refractivity contribution in [2.24, 2.45) is 5.73 Å². The van der Waals surface area contributed by atoms with Gasteiger partial charge in [-0.2, -0.15) is 0 Å². The van der Waals surface area contributed by atoms with E-state index in [0.717, 1.165) is 36.6 Å². The van der Waals surface area contributed by atoms with Crippen molar-refractivity contribution in [3.05, 3.63) is 23.8 Å². The van der Waals surface area contributed by atoms with Crippen molar-refractivity contribution < 1.29 is 9.47 Å². The number of ether oxygens (including phenoxy) is 2. The molecule has 0 spiro atoms. The highest BCUT2D eigenvalue weighted by Gasteiger charge is 2.41. The van der Waals surface area contributed by atoms with Crippen LogP contribution in [0.4, 0.5) is 0 Å². The average Bonchev–Trinajstić information content (AvgIpc) is 2.47. The number of likely N-dealkylation sites (N-methyl/N-ethyl adjacent to an activating group) is 1. The number of fused-ring (bicyclic) bond motifs is 1. The summed E-state index contributed by atoms with van der Waals surface area (Å²) in [6.07, 6.45) is 0.922. The standard InChI is InChI=1S/C15H24N2O2/c1-4-17(5-2)15(11-16)9-10-19-14-12(15)7-6-8-13(14)18-3/h6-8H,4-5,9-11,16H2,1-3H3. The fraction of sp³-hybridized carbons (Fsp3) is 0.600. The predicted molar refractivity (Wildman–Crippen MR) is 76.8 cm³/mol. The maximum atomic E-state index is 6.16. The quantitative estimate of drug-likeness (QED) is 0.883. The lowest BCUT2D eigenvalue weighted by Gasteiger charge is -2.46. The molecule has 0 saturated carbocycles. The Balaban J connectivity index is 2.56. The van der Waals surface area contributed by atoms with Gasteiger partial charge in [-0.1, -0.05) is 26.0 Å². The molecule has 1 aliphatic heterocycles. The smallest absolute Gasteiger partial charge is 0.166 e. The third kappa shape index (κ3) is 2.19. The zero-order valence-electron chi connectivity index (χ0n) is 12.1. The van der Waals surface area contributed by atoms with Crippen LogP contribution < -0.4 is 15.2 Å². The van der Waals surface area contributed by atoms with Crippen molar-refractivity contribution >= 4 is 0 Å². The summed E-state index contributed by atoms with van der Waals surface area (Å²) in [6.45, 7) is 7.58. The highest BCUT2D eigenvalue weighted by molar-refractivity contribution is 5.51. The summed E-state index contributed by atoms with van der Waals surface area (Å²) >= 11 is 0. The van der Waals surface area contributed by atoms with Crippen molar-refractivity contribution in [1.82, 2.24) is 4.90 Å². The van der Waals surface area contributed by atoms with E-state index in [1.54, 1.807) is 7.11 Å². The molecule has 4 nitrogen and oxygen atoms in total. The fourth-order valence-corrected chi connectivity index (χ4v) is 3.15. The molecular formula is C15H24N2O2. The molecule has 0 aromatic heterocycles. The van der Waals surface area contributed by atoms with Crippen LogP contribution in [-0.2, 0) is 5.54 Å². The molecule has 0 saturated heterocycles. The Morgan fingerprint density at radius 1 is 1.37 bits per heavy atom. The molecule has 0 radical (unpaired) electrons. The van der Waals surface area contributed by atoms with Gasteiger partial charge in [-0.15, -0.1) is 0 Å². The van der Waals surface area contributed by atoms with Gasteiger partial charge >= 0.3 is 0 Å². The Morgan fingerprint density at radius 3 is 2.68 bits per heavy atom. The van der Waals surface area contributed by atoms with Gasteiger partial charge in [0, 0.05) is 18.5 Å². The fourth-order valence-electron chi connectivity index (χ4n) is 3.15. The van der Waals surface area contributed by atoms with E-state index in [4.69, 9.17) is 15.2 Å². The minimum atomic E-state index is -0.133. The van der Waals surface area contributed by atoms with E-state index >= 15 is 0 Å². The summed E-state index contributed by atoms with van der Waals surface area (Å²) in [5.41, 5.74) is 7.18. The third-order valence-corrected chi connectivity index (χ3v) is 4.17. The van der Waals surface area contributed by atoms with Crippen LogP contribution in [0.1, 0.15) is 25.8 Å². The van der Waals surface area contributed by atoms with Gasteiger partial charge in [0.1, 0.15) is 0 Å². The molecule has 0 amide bonds. The van der Waals surface area contributed by atoms with Crippen LogP contribution in [0.15, 0.2) is 18.2 Å². The lowest BCUT2D eigenvalue weighted by molar-refractivity contribution is 0.0560. The van der Waals surface area contributed by atoms with Crippen LogP contribution >= 0.6 is 0 Å². The molecule has 1 aliphatic rings. The number of hydrogen-bond donors (Lipinski definition) is 1. The van der Waals surface area contributed by atoms with E-state index in [1.165, 1.54) is 0 Å². The second-order valence-electron chi connectivity index (χ2n) is 4.84. The largest absolute Gasteiger partial charge is 0.493 e. The number of benzene rings is 1. The van der Waals surface area contributed by atoms with E-state index in [2.05, 4.69) is 24.8 Å². The number of nitrogens with two attached hydrogens (primary N) is 1. The number of hydrogen-bond acceptors (Lipinski definition) is 4. The average molecular weight is 264 g/mol. The van der Waals surface area contributed by atoms with Crippen LogP contribution in [0.25, 0.3) is 0 Å². The lowest BCUT2D eigenvalue weighted by atomic mass is 9.82. The molecule has 2 rings (SSSR count). The van der Waals surface area contributed by atoms with Crippen molar-refractivity contribution in [3.63, 3.8) is 0 Å². The molecule has 2 N–H and O–H groups in total. The molecule has 0 fully saturated rings. The molecule has 106 valence electrons. The highest BCUT2D eigenvalue weighted by atomic mass is 16.5. The van der Waals surface area contributed by atoms with Crippen LogP contribution in [0.5, 0.6) is 11.5 Å². The van der Waals surface area contributed by atoms with Crippen molar-refractivity contribution in [2.45, 2.75) is 25.8 Å². The zero-order chi connectivity index (χ0) is 13.9. The van der Waals surface area contributed by atoms with Gasteiger partial charge < -0.3 is 15.2 Å². The van der Waals surface area contributed by atoms with Gasteiger partial charge in [-0.25, -0.2) is 0 Å². The molecule has 4 heteroatoms. The normalized spacial score (nSPS) is 21.9. The molecule has 1 aromatic rings. The summed E-state index contributed by atoms with van der Waals surface area (Å²) in [4.78, 5) is 2.42. The maximum absolute atomic E-state index is 6.16. The zero-order valence-corrected chi connectivity index (χ0v) is 12.1. The first-order valence-corrected chi connectivity index (χ1v) is 6.98. The predicted octanol–water partition coefficient (Wildman–Crippen LogP) is 1.97. The Labute approximate surface area is 115 Å². The number of nitrogens with zero attached hydrogens (tertiary/aromatic N) is 1. The minimum absolute atomic E-state index is 0.133. The number of methoxy groups -OCH3 is 1. The van der Waals surface area contributed by atoms with Gasteiger partial charge in [0.05, 0.1) is 19.3 Å². The Hall–Kier alpha value is -1.26. The Bertz CT molecular complexity index is 432.